The minimum absolute atomic E-state index is 0.102. The predicted molar refractivity (Wildman–Crippen MR) is 85.2 cm³/mol. The van der Waals surface area contributed by atoms with Crippen molar-refractivity contribution >= 4 is 29.3 Å². The number of ether oxygens (including phenoxy) is 1. The second kappa shape index (κ2) is 6.84. The molecule has 1 aromatic rings. The van der Waals surface area contributed by atoms with E-state index in [0.29, 0.717) is 4.68 Å². The lowest BCUT2D eigenvalue weighted by molar-refractivity contribution is -0.0172. The van der Waals surface area contributed by atoms with E-state index in [2.05, 4.69) is 5.10 Å². The molecule has 134 valence electrons. The van der Waals surface area contributed by atoms with Crippen LogP contribution in [0.4, 0.5) is 13.6 Å². The number of rotatable bonds is 1. The second-order valence-electron chi connectivity index (χ2n) is 6.46. The van der Waals surface area contributed by atoms with Crippen LogP contribution >= 0.6 is 23.2 Å². The Kier molecular flexibility index (Phi) is 5.39. The van der Waals surface area contributed by atoms with Gasteiger partial charge in [0.25, 0.3) is 5.56 Å². The highest BCUT2D eigenvalue weighted by atomic mass is 35.5. The van der Waals surface area contributed by atoms with Crippen molar-refractivity contribution < 1.29 is 18.3 Å². The van der Waals surface area contributed by atoms with Crippen LogP contribution < -0.4 is 5.56 Å². The summed E-state index contributed by atoms with van der Waals surface area (Å²) in [5.41, 5.74) is -1.67. The van der Waals surface area contributed by atoms with Crippen LogP contribution in [0.15, 0.2) is 11.0 Å². The second-order valence-corrected chi connectivity index (χ2v) is 7.25. The van der Waals surface area contributed by atoms with E-state index in [-0.39, 0.29) is 10.0 Å². The van der Waals surface area contributed by atoms with E-state index >= 15 is 0 Å². The first-order valence-corrected chi connectivity index (χ1v) is 7.95. The quantitative estimate of drug-likeness (QED) is 0.747. The summed E-state index contributed by atoms with van der Waals surface area (Å²) in [6, 6.07) is -1.49. The molecule has 1 fully saturated rings. The Morgan fingerprint density at radius 2 is 1.83 bits per heavy atom. The lowest BCUT2D eigenvalue weighted by Gasteiger charge is -2.37. The van der Waals surface area contributed by atoms with Crippen LogP contribution in [0.25, 0.3) is 0 Å². The molecule has 1 aliphatic heterocycles. The molecule has 1 unspecified atom stereocenters. The van der Waals surface area contributed by atoms with Crippen molar-refractivity contribution in [1.82, 2.24) is 14.7 Å². The maximum absolute atomic E-state index is 14.5. The standard InChI is InChI=1S/C14H17Cl2F2N3O3/c1-14(2,3)24-13(23)20-5-8(17)11(9(18)6-20)21-12(22)10(16)7(15)4-19-21/h4,8-9,11H,5-6H2,1-3H3/t8-,9+,11?. The highest BCUT2D eigenvalue weighted by Crippen LogP contribution is 2.28. The van der Waals surface area contributed by atoms with Gasteiger partial charge in [-0.15, -0.1) is 0 Å². The van der Waals surface area contributed by atoms with Crippen LogP contribution in [0.5, 0.6) is 0 Å². The van der Waals surface area contributed by atoms with Crippen LogP contribution in [-0.2, 0) is 4.74 Å². The number of amides is 1. The lowest BCUT2D eigenvalue weighted by atomic mass is 10.0. The molecule has 6 nitrogen and oxygen atoms in total. The third-order valence-electron chi connectivity index (χ3n) is 3.37. The Labute approximate surface area is 147 Å². The van der Waals surface area contributed by atoms with Gasteiger partial charge in [-0.2, -0.15) is 5.10 Å². The number of aromatic nitrogens is 2. The summed E-state index contributed by atoms with van der Waals surface area (Å²) >= 11 is 11.4. The summed E-state index contributed by atoms with van der Waals surface area (Å²) in [7, 11) is 0. The van der Waals surface area contributed by atoms with Gasteiger partial charge in [0.05, 0.1) is 24.3 Å². The van der Waals surface area contributed by atoms with Crippen molar-refractivity contribution in [2.75, 3.05) is 13.1 Å². The number of likely N-dealkylation sites (tertiary alicyclic amines) is 1. The Hall–Kier alpha value is -1.41. The molecule has 2 heterocycles. The first-order valence-electron chi connectivity index (χ1n) is 7.20. The fourth-order valence-corrected chi connectivity index (χ4v) is 2.62. The summed E-state index contributed by atoms with van der Waals surface area (Å²) in [6.07, 6.45) is -3.49. The van der Waals surface area contributed by atoms with E-state index in [0.717, 1.165) is 11.1 Å². The summed E-state index contributed by atoms with van der Waals surface area (Å²) in [4.78, 5) is 24.9. The lowest BCUT2D eigenvalue weighted by Crippen LogP contribution is -2.54. The molecular formula is C14H17Cl2F2N3O3. The maximum Gasteiger partial charge on any atom is 0.410 e. The van der Waals surface area contributed by atoms with E-state index < -0.39 is 48.7 Å². The first kappa shape index (κ1) is 18.9. The van der Waals surface area contributed by atoms with Gasteiger partial charge in [-0.05, 0) is 20.8 Å². The van der Waals surface area contributed by atoms with Crippen molar-refractivity contribution in [2.24, 2.45) is 0 Å². The fourth-order valence-electron chi connectivity index (χ4n) is 2.36. The average molecular weight is 384 g/mol. The molecule has 1 aliphatic rings. The molecule has 0 radical (unpaired) electrons. The smallest absolute Gasteiger partial charge is 0.410 e. The molecular weight excluding hydrogens is 367 g/mol. The largest absolute Gasteiger partial charge is 0.444 e. The van der Waals surface area contributed by atoms with Gasteiger partial charge in [-0.3, -0.25) is 4.79 Å². The van der Waals surface area contributed by atoms with Gasteiger partial charge >= 0.3 is 6.09 Å². The summed E-state index contributed by atoms with van der Waals surface area (Å²) in [5, 5.41) is 3.20. The zero-order chi connectivity index (χ0) is 18.2. The third-order valence-corrected chi connectivity index (χ3v) is 4.11. The molecule has 1 aromatic heterocycles. The van der Waals surface area contributed by atoms with Gasteiger partial charge in [0.2, 0.25) is 0 Å². The minimum Gasteiger partial charge on any atom is -0.444 e. The Balaban J connectivity index is 2.22. The topological polar surface area (TPSA) is 64.4 Å². The number of piperidine rings is 1. The average Bonchev–Trinajstić information content (AvgIpc) is 2.44. The van der Waals surface area contributed by atoms with Crippen LogP contribution in [-0.4, -0.2) is 51.8 Å². The van der Waals surface area contributed by atoms with Crippen molar-refractivity contribution in [1.29, 1.82) is 0 Å². The molecule has 2 rings (SSSR count). The Bertz CT molecular complexity index is 681. The molecule has 1 amide bonds. The Morgan fingerprint density at radius 1 is 1.29 bits per heavy atom. The molecule has 1 saturated heterocycles. The third kappa shape index (κ3) is 3.97. The first-order chi connectivity index (χ1) is 11.0. The van der Waals surface area contributed by atoms with E-state index in [1.165, 1.54) is 0 Å². The number of carbonyl (C=O) groups excluding carboxylic acids is 1. The highest BCUT2D eigenvalue weighted by Gasteiger charge is 2.43. The van der Waals surface area contributed by atoms with Crippen molar-refractivity contribution in [2.45, 2.75) is 44.8 Å². The normalized spacial score (nSPS) is 24.8. The van der Waals surface area contributed by atoms with Crippen molar-refractivity contribution in [3.05, 3.63) is 26.6 Å². The van der Waals surface area contributed by atoms with E-state index in [1.807, 2.05) is 0 Å². The number of carbonyl (C=O) groups is 1. The number of alkyl halides is 2. The van der Waals surface area contributed by atoms with E-state index in [9.17, 15) is 18.4 Å². The SMILES string of the molecule is CC(C)(C)OC(=O)N1C[C@@H](F)C(n2ncc(Cl)c(Cl)c2=O)[C@@H](F)C1. The van der Waals surface area contributed by atoms with Gasteiger partial charge < -0.3 is 9.64 Å². The minimum atomic E-state index is -1.86. The van der Waals surface area contributed by atoms with Crippen LogP contribution in [0, 0.1) is 0 Å². The van der Waals surface area contributed by atoms with Crippen LogP contribution in [0.3, 0.4) is 0 Å². The molecule has 0 bridgehead atoms. The van der Waals surface area contributed by atoms with Crippen LogP contribution in [0.2, 0.25) is 10.0 Å². The zero-order valence-corrected chi connectivity index (χ0v) is 14.8. The molecule has 24 heavy (non-hydrogen) atoms. The van der Waals surface area contributed by atoms with Gasteiger partial charge in [0.1, 0.15) is 29.0 Å². The number of halogens is 4. The number of nitrogens with zero attached hydrogens (tertiary/aromatic N) is 3. The molecule has 10 heteroatoms. The fraction of sp³-hybridized carbons (Fsp3) is 0.643. The van der Waals surface area contributed by atoms with Gasteiger partial charge in [0, 0.05) is 0 Å². The Morgan fingerprint density at radius 3 is 2.33 bits per heavy atom. The highest BCUT2D eigenvalue weighted by molar-refractivity contribution is 6.41. The summed E-state index contributed by atoms with van der Waals surface area (Å²) < 4.78 is 34.7. The molecule has 0 saturated carbocycles. The van der Waals surface area contributed by atoms with Crippen molar-refractivity contribution in [3.8, 4) is 0 Å². The van der Waals surface area contributed by atoms with Gasteiger partial charge in [-0.1, -0.05) is 23.2 Å². The molecule has 0 aliphatic carbocycles. The molecule has 3 atom stereocenters. The predicted octanol–water partition coefficient (Wildman–Crippen LogP) is 3.02. The maximum atomic E-state index is 14.5. The monoisotopic (exact) mass is 383 g/mol. The summed E-state index contributed by atoms with van der Waals surface area (Å²) in [6.45, 7) is 4.10. The van der Waals surface area contributed by atoms with E-state index in [4.69, 9.17) is 27.9 Å². The van der Waals surface area contributed by atoms with Gasteiger partial charge in [-0.25, -0.2) is 18.3 Å². The van der Waals surface area contributed by atoms with Crippen LogP contribution in [0.1, 0.15) is 26.8 Å². The van der Waals surface area contributed by atoms with Crippen molar-refractivity contribution in [3.63, 3.8) is 0 Å². The van der Waals surface area contributed by atoms with E-state index in [1.54, 1.807) is 20.8 Å². The van der Waals surface area contributed by atoms with Gasteiger partial charge in [0.15, 0.2) is 0 Å². The zero-order valence-electron chi connectivity index (χ0n) is 13.3. The number of hydrogen-bond acceptors (Lipinski definition) is 4. The molecule has 0 N–H and O–H groups in total. The number of hydrogen-bond donors (Lipinski definition) is 0. The summed E-state index contributed by atoms with van der Waals surface area (Å²) in [5.74, 6) is 0. The molecule has 0 spiro atoms. The molecule has 0 aromatic carbocycles.